The third-order valence-electron chi connectivity index (χ3n) is 5.03. The number of anilines is 1. The van der Waals surface area contributed by atoms with Crippen molar-refractivity contribution in [2.24, 2.45) is 5.41 Å². The summed E-state index contributed by atoms with van der Waals surface area (Å²) in [6, 6.07) is 12.1. The Morgan fingerprint density at radius 3 is 2.50 bits per heavy atom. The Morgan fingerprint density at radius 2 is 1.85 bits per heavy atom. The fraction of sp³-hybridized carbons (Fsp3) is 0.350. The molecule has 6 heteroatoms. The Kier molecular flexibility index (Phi) is 5.52. The standard InChI is InChI=1S/C20H22F2N2O2/c21-16-5-3-4-15(12-16)13-20(14-25)8-10-24(11-9-20)19(26)23-18-7-2-1-6-17(18)22/h1-7,12,25H,8-11,13-14H2,(H,23,26). The van der Waals surface area contributed by atoms with Crippen molar-refractivity contribution < 1.29 is 18.7 Å². The van der Waals surface area contributed by atoms with E-state index in [1.54, 1.807) is 23.1 Å². The molecule has 26 heavy (non-hydrogen) atoms. The Bertz CT molecular complexity index is 774. The van der Waals surface area contributed by atoms with Crippen molar-refractivity contribution in [2.45, 2.75) is 19.3 Å². The maximum absolute atomic E-state index is 13.7. The molecule has 0 aromatic heterocycles. The molecule has 2 N–H and O–H groups in total. The van der Waals surface area contributed by atoms with Gasteiger partial charge < -0.3 is 15.3 Å². The average Bonchev–Trinajstić information content (AvgIpc) is 2.64. The third kappa shape index (κ3) is 4.19. The average molecular weight is 360 g/mol. The molecule has 1 aliphatic heterocycles. The largest absolute Gasteiger partial charge is 0.396 e. The van der Waals surface area contributed by atoms with Gasteiger partial charge in [-0.05, 0) is 49.1 Å². The summed E-state index contributed by atoms with van der Waals surface area (Å²) in [5.74, 6) is -0.772. The lowest BCUT2D eigenvalue weighted by atomic mass is 9.74. The van der Waals surface area contributed by atoms with Gasteiger partial charge in [-0.15, -0.1) is 0 Å². The Morgan fingerprint density at radius 1 is 1.12 bits per heavy atom. The molecule has 1 fully saturated rings. The van der Waals surface area contributed by atoms with Gasteiger partial charge in [0.2, 0.25) is 0 Å². The molecule has 1 saturated heterocycles. The summed E-state index contributed by atoms with van der Waals surface area (Å²) in [5, 5.41) is 12.5. The SMILES string of the molecule is O=C(Nc1ccccc1F)N1CCC(CO)(Cc2cccc(F)c2)CC1. The van der Waals surface area contributed by atoms with Crippen molar-refractivity contribution in [3.63, 3.8) is 0 Å². The highest BCUT2D eigenvalue weighted by Gasteiger charge is 2.35. The van der Waals surface area contributed by atoms with E-state index in [-0.39, 0.29) is 29.6 Å². The number of halogens is 2. The van der Waals surface area contributed by atoms with Crippen LogP contribution in [0.15, 0.2) is 48.5 Å². The predicted octanol–water partition coefficient (Wildman–Crippen LogP) is 3.81. The number of urea groups is 1. The molecule has 1 aliphatic rings. The van der Waals surface area contributed by atoms with Crippen LogP contribution in [0.2, 0.25) is 0 Å². The molecule has 2 aromatic carbocycles. The number of hydrogen-bond donors (Lipinski definition) is 2. The monoisotopic (exact) mass is 360 g/mol. The van der Waals surface area contributed by atoms with Crippen LogP contribution in [0.1, 0.15) is 18.4 Å². The molecular weight excluding hydrogens is 338 g/mol. The quantitative estimate of drug-likeness (QED) is 0.871. The fourth-order valence-electron chi connectivity index (χ4n) is 3.41. The number of aliphatic hydroxyl groups excluding tert-OH is 1. The maximum Gasteiger partial charge on any atom is 0.321 e. The molecule has 138 valence electrons. The second kappa shape index (κ2) is 7.83. The molecule has 0 bridgehead atoms. The number of piperidine rings is 1. The molecule has 2 amide bonds. The van der Waals surface area contributed by atoms with Gasteiger partial charge in [0.05, 0.1) is 5.69 Å². The molecular formula is C20H22F2N2O2. The number of carbonyl (C=O) groups excluding carboxylic acids is 1. The van der Waals surface area contributed by atoms with Gasteiger partial charge in [-0.25, -0.2) is 13.6 Å². The van der Waals surface area contributed by atoms with Crippen molar-refractivity contribution in [2.75, 3.05) is 25.0 Å². The smallest absolute Gasteiger partial charge is 0.321 e. The number of hydrogen-bond acceptors (Lipinski definition) is 2. The van der Waals surface area contributed by atoms with Gasteiger partial charge in [0.15, 0.2) is 0 Å². The van der Waals surface area contributed by atoms with Crippen LogP contribution in [-0.2, 0) is 6.42 Å². The summed E-state index contributed by atoms with van der Waals surface area (Å²) < 4.78 is 27.1. The van der Waals surface area contributed by atoms with Crippen LogP contribution in [-0.4, -0.2) is 35.7 Å². The minimum absolute atomic E-state index is 0.0215. The van der Waals surface area contributed by atoms with Gasteiger partial charge in [-0.1, -0.05) is 24.3 Å². The first kappa shape index (κ1) is 18.3. The second-order valence-electron chi connectivity index (χ2n) is 6.86. The highest BCUT2D eigenvalue weighted by atomic mass is 19.1. The zero-order valence-corrected chi connectivity index (χ0v) is 14.4. The van der Waals surface area contributed by atoms with E-state index >= 15 is 0 Å². The van der Waals surface area contributed by atoms with Gasteiger partial charge in [-0.3, -0.25) is 0 Å². The van der Waals surface area contributed by atoms with Crippen molar-refractivity contribution in [1.82, 2.24) is 4.90 Å². The first-order chi connectivity index (χ1) is 12.5. The normalized spacial score (nSPS) is 16.3. The summed E-state index contributed by atoms with van der Waals surface area (Å²) in [6.07, 6.45) is 1.76. The molecule has 2 aromatic rings. The number of likely N-dealkylation sites (tertiary alicyclic amines) is 1. The first-order valence-electron chi connectivity index (χ1n) is 8.67. The van der Waals surface area contributed by atoms with Crippen LogP contribution in [0.5, 0.6) is 0 Å². The molecule has 3 rings (SSSR count). The van der Waals surface area contributed by atoms with Crippen LogP contribution < -0.4 is 5.32 Å². The Labute approximate surface area is 151 Å². The van der Waals surface area contributed by atoms with E-state index in [0.717, 1.165) is 5.56 Å². The molecule has 0 unspecified atom stereocenters. The van der Waals surface area contributed by atoms with Gasteiger partial charge in [-0.2, -0.15) is 0 Å². The van der Waals surface area contributed by atoms with E-state index in [2.05, 4.69) is 5.32 Å². The fourth-order valence-corrected chi connectivity index (χ4v) is 3.41. The van der Waals surface area contributed by atoms with E-state index in [9.17, 15) is 18.7 Å². The van der Waals surface area contributed by atoms with Crippen LogP contribution in [0.4, 0.5) is 19.3 Å². The second-order valence-corrected chi connectivity index (χ2v) is 6.86. The van der Waals surface area contributed by atoms with Crippen LogP contribution in [0, 0.1) is 17.0 Å². The topological polar surface area (TPSA) is 52.6 Å². The van der Waals surface area contributed by atoms with Gasteiger partial charge in [0.1, 0.15) is 11.6 Å². The Balaban J connectivity index is 1.61. The van der Waals surface area contributed by atoms with Gasteiger partial charge >= 0.3 is 6.03 Å². The van der Waals surface area contributed by atoms with Gasteiger partial charge in [0, 0.05) is 25.1 Å². The highest BCUT2D eigenvalue weighted by Crippen LogP contribution is 2.35. The number of para-hydroxylation sites is 1. The molecule has 0 radical (unpaired) electrons. The van der Waals surface area contributed by atoms with Crippen molar-refractivity contribution in [3.8, 4) is 0 Å². The molecule has 0 aliphatic carbocycles. The number of carbonyl (C=O) groups is 1. The number of nitrogens with one attached hydrogen (secondary N) is 1. The van der Waals surface area contributed by atoms with Crippen molar-refractivity contribution in [3.05, 3.63) is 65.7 Å². The van der Waals surface area contributed by atoms with Crippen molar-refractivity contribution >= 4 is 11.7 Å². The predicted molar refractivity (Wildman–Crippen MR) is 95.8 cm³/mol. The summed E-state index contributed by atoms with van der Waals surface area (Å²) in [6.45, 7) is 0.888. The van der Waals surface area contributed by atoms with E-state index in [1.807, 2.05) is 6.07 Å². The number of rotatable bonds is 4. The van der Waals surface area contributed by atoms with Crippen LogP contribution >= 0.6 is 0 Å². The summed E-state index contributed by atoms with van der Waals surface area (Å²) in [4.78, 5) is 14.0. The van der Waals surface area contributed by atoms with E-state index in [0.29, 0.717) is 32.4 Å². The number of nitrogens with zero attached hydrogens (tertiary/aromatic N) is 1. The zero-order valence-electron chi connectivity index (χ0n) is 14.4. The number of amides is 2. The third-order valence-corrected chi connectivity index (χ3v) is 5.03. The van der Waals surface area contributed by atoms with E-state index < -0.39 is 5.82 Å². The number of aliphatic hydroxyl groups is 1. The van der Waals surface area contributed by atoms with E-state index in [1.165, 1.54) is 24.3 Å². The maximum atomic E-state index is 13.7. The minimum atomic E-state index is -0.478. The Hall–Kier alpha value is -2.47. The van der Waals surface area contributed by atoms with Crippen LogP contribution in [0.25, 0.3) is 0 Å². The number of benzene rings is 2. The molecule has 1 heterocycles. The molecule has 0 saturated carbocycles. The lowest BCUT2D eigenvalue weighted by molar-refractivity contribution is 0.0575. The van der Waals surface area contributed by atoms with Crippen molar-refractivity contribution in [1.29, 1.82) is 0 Å². The lowest BCUT2D eigenvalue weighted by Gasteiger charge is -2.40. The zero-order chi connectivity index (χ0) is 18.6. The highest BCUT2D eigenvalue weighted by molar-refractivity contribution is 5.89. The van der Waals surface area contributed by atoms with Gasteiger partial charge in [0.25, 0.3) is 0 Å². The molecule has 4 nitrogen and oxygen atoms in total. The first-order valence-corrected chi connectivity index (χ1v) is 8.67. The van der Waals surface area contributed by atoms with E-state index in [4.69, 9.17) is 0 Å². The summed E-state index contributed by atoms with van der Waals surface area (Å²) in [5.41, 5.74) is 0.613. The summed E-state index contributed by atoms with van der Waals surface area (Å²) in [7, 11) is 0. The molecule has 0 atom stereocenters. The van der Waals surface area contributed by atoms with Crippen LogP contribution in [0.3, 0.4) is 0 Å². The summed E-state index contributed by atoms with van der Waals surface area (Å²) >= 11 is 0. The lowest BCUT2D eigenvalue weighted by Crippen LogP contribution is -2.47. The molecule has 0 spiro atoms. The minimum Gasteiger partial charge on any atom is -0.396 e.